The Kier molecular flexibility index (Phi) is 4.22. The number of thiazole rings is 1. The average Bonchev–Trinajstić information content (AvgIpc) is 2.94. The molecule has 0 saturated carbocycles. The molecule has 1 heterocycles. The van der Waals surface area contributed by atoms with Crippen molar-refractivity contribution in [3.8, 4) is 11.3 Å². The van der Waals surface area contributed by atoms with E-state index in [0.29, 0.717) is 16.4 Å². The Morgan fingerprint density at radius 3 is 2.59 bits per heavy atom. The van der Waals surface area contributed by atoms with Gasteiger partial charge in [-0.25, -0.2) is 4.98 Å². The molecule has 22 heavy (non-hydrogen) atoms. The highest BCUT2D eigenvalue weighted by Crippen LogP contribution is 2.30. The second-order valence-electron chi connectivity index (χ2n) is 4.55. The third-order valence-corrected chi connectivity index (χ3v) is 4.46. The number of halogens is 1. The molecule has 1 amide bonds. The number of rotatable bonds is 3. The monoisotopic (exact) mass is 373 g/mol. The molecule has 0 unspecified atom stereocenters. The number of nitrogens with two attached hydrogens (primary N) is 1. The molecule has 0 fully saturated rings. The number of carbonyl (C=O) groups is 1. The summed E-state index contributed by atoms with van der Waals surface area (Å²) >= 11 is 4.76. The molecule has 0 saturated heterocycles. The number of anilines is 2. The van der Waals surface area contributed by atoms with Gasteiger partial charge in [-0.2, -0.15) is 0 Å². The number of para-hydroxylation sites is 1. The first kappa shape index (κ1) is 14.7. The summed E-state index contributed by atoms with van der Waals surface area (Å²) in [5.41, 5.74) is 8.57. The van der Waals surface area contributed by atoms with Crippen molar-refractivity contribution in [3.63, 3.8) is 0 Å². The van der Waals surface area contributed by atoms with E-state index >= 15 is 0 Å². The molecule has 0 spiro atoms. The number of benzene rings is 2. The lowest BCUT2D eigenvalue weighted by Gasteiger charge is -2.10. The molecule has 6 heteroatoms. The number of nitrogens with zero attached hydrogens (tertiary/aromatic N) is 1. The van der Waals surface area contributed by atoms with Crippen LogP contribution in [0.1, 0.15) is 10.4 Å². The fourth-order valence-electron chi connectivity index (χ4n) is 2.06. The number of nitrogens with one attached hydrogen (secondary N) is 1. The highest BCUT2D eigenvalue weighted by Gasteiger charge is 2.13. The second-order valence-corrected chi connectivity index (χ2v) is 6.29. The van der Waals surface area contributed by atoms with Gasteiger partial charge in [-0.05, 0) is 34.1 Å². The summed E-state index contributed by atoms with van der Waals surface area (Å²) in [6, 6.07) is 14.8. The van der Waals surface area contributed by atoms with Crippen molar-refractivity contribution in [3.05, 3.63) is 63.9 Å². The van der Waals surface area contributed by atoms with E-state index in [0.717, 1.165) is 15.7 Å². The smallest absolute Gasteiger partial charge is 0.256 e. The molecule has 0 radical (unpaired) electrons. The van der Waals surface area contributed by atoms with E-state index in [1.807, 2.05) is 47.8 Å². The zero-order valence-electron chi connectivity index (χ0n) is 11.4. The van der Waals surface area contributed by atoms with Gasteiger partial charge in [-0.15, -0.1) is 11.3 Å². The van der Waals surface area contributed by atoms with E-state index in [4.69, 9.17) is 5.73 Å². The Bertz CT molecular complexity index is 832. The zero-order valence-corrected chi connectivity index (χ0v) is 13.8. The van der Waals surface area contributed by atoms with Crippen molar-refractivity contribution in [2.24, 2.45) is 0 Å². The summed E-state index contributed by atoms with van der Waals surface area (Å²) in [5.74, 6) is -0.178. The van der Waals surface area contributed by atoms with Gasteiger partial charge < -0.3 is 11.1 Å². The van der Waals surface area contributed by atoms with Crippen LogP contribution in [0.15, 0.2) is 58.4 Å². The molecule has 0 aliphatic heterocycles. The second kappa shape index (κ2) is 6.29. The number of nitrogen functional groups attached to an aromatic ring is 1. The molecule has 0 aliphatic rings. The van der Waals surface area contributed by atoms with E-state index in [1.165, 1.54) is 11.3 Å². The third-order valence-electron chi connectivity index (χ3n) is 3.09. The summed E-state index contributed by atoms with van der Waals surface area (Å²) in [7, 11) is 0. The van der Waals surface area contributed by atoms with Crippen LogP contribution in [0, 0.1) is 0 Å². The highest BCUT2D eigenvalue weighted by atomic mass is 79.9. The number of aromatic nitrogens is 1. The summed E-state index contributed by atoms with van der Waals surface area (Å²) < 4.78 is 0.753. The van der Waals surface area contributed by atoms with Gasteiger partial charge in [-0.1, -0.05) is 30.3 Å². The van der Waals surface area contributed by atoms with Crippen LogP contribution in [0.5, 0.6) is 0 Å². The van der Waals surface area contributed by atoms with Gasteiger partial charge in [0.2, 0.25) is 0 Å². The first-order chi connectivity index (χ1) is 10.6. The van der Waals surface area contributed by atoms with Gasteiger partial charge in [0.15, 0.2) is 5.13 Å². The lowest BCUT2D eigenvalue weighted by Crippen LogP contribution is -2.13. The molecule has 110 valence electrons. The van der Waals surface area contributed by atoms with Crippen LogP contribution in [0.3, 0.4) is 0 Å². The van der Waals surface area contributed by atoms with Gasteiger partial charge in [0.1, 0.15) is 0 Å². The van der Waals surface area contributed by atoms with Crippen molar-refractivity contribution in [2.75, 3.05) is 11.1 Å². The molecule has 0 atom stereocenters. The first-order valence-corrected chi connectivity index (χ1v) is 8.18. The maximum Gasteiger partial charge on any atom is 0.256 e. The van der Waals surface area contributed by atoms with E-state index < -0.39 is 0 Å². The Labute approximate surface area is 140 Å². The van der Waals surface area contributed by atoms with Crippen LogP contribution in [0.4, 0.5) is 10.8 Å². The van der Waals surface area contributed by atoms with E-state index in [2.05, 4.69) is 26.2 Å². The lowest BCUT2D eigenvalue weighted by molar-refractivity contribution is 0.102. The highest BCUT2D eigenvalue weighted by molar-refractivity contribution is 9.10. The molecule has 4 nitrogen and oxygen atoms in total. The third kappa shape index (κ3) is 3.03. The van der Waals surface area contributed by atoms with Crippen LogP contribution < -0.4 is 11.1 Å². The first-order valence-electron chi connectivity index (χ1n) is 6.51. The van der Waals surface area contributed by atoms with E-state index in [1.54, 1.807) is 6.07 Å². The van der Waals surface area contributed by atoms with Gasteiger partial charge in [0.25, 0.3) is 5.91 Å². The van der Waals surface area contributed by atoms with E-state index in [-0.39, 0.29) is 5.91 Å². The van der Waals surface area contributed by atoms with Crippen molar-refractivity contribution in [1.29, 1.82) is 0 Å². The largest absolute Gasteiger partial charge is 0.375 e. The van der Waals surface area contributed by atoms with Crippen LogP contribution in [-0.4, -0.2) is 10.9 Å². The number of hydrogen-bond donors (Lipinski definition) is 2. The Hall–Kier alpha value is -2.18. The van der Waals surface area contributed by atoms with Crippen LogP contribution >= 0.6 is 27.3 Å². The van der Waals surface area contributed by atoms with Gasteiger partial charge in [0.05, 0.1) is 16.9 Å². The maximum absolute atomic E-state index is 12.4. The van der Waals surface area contributed by atoms with Crippen LogP contribution in [0.2, 0.25) is 0 Å². The predicted molar refractivity (Wildman–Crippen MR) is 94.1 cm³/mol. The van der Waals surface area contributed by atoms with Crippen molar-refractivity contribution >= 4 is 44.0 Å². The molecular weight excluding hydrogens is 362 g/mol. The Morgan fingerprint density at radius 2 is 1.86 bits per heavy atom. The van der Waals surface area contributed by atoms with Gasteiger partial charge in [-0.3, -0.25) is 4.79 Å². The SMILES string of the molecule is Nc1nc(-c2ccccc2NC(=O)c2ccccc2Br)cs1. The summed E-state index contributed by atoms with van der Waals surface area (Å²) in [6.45, 7) is 0. The minimum Gasteiger partial charge on any atom is -0.375 e. The molecule has 3 rings (SSSR count). The molecule has 3 N–H and O–H groups in total. The topological polar surface area (TPSA) is 68.0 Å². The Morgan fingerprint density at radius 1 is 1.14 bits per heavy atom. The molecule has 2 aromatic carbocycles. The average molecular weight is 374 g/mol. The molecular formula is C16H12BrN3OS. The normalized spacial score (nSPS) is 10.4. The quantitative estimate of drug-likeness (QED) is 0.714. The van der Waals surface area contributed by atoms with E-state index in [9.17, 15) is 4.79 Å². The lowest BCUT2D eigenvalue weighted by atomic mass is 10.1. The van der Waals surface area contributed by atoms with Crippen molar-refractivity contribution in [2.45, 2.75) is 0 Å². The molecule has 0 aliphatic carbocycles. The minimum atomic E-state index is -0.178. The fourth-order valence-corrected chi connectivity index (χ4v) is 3.09. The molecule has 1 aromatic heterocycles. The molecule has 3 aromatic rings. The Balaban J connectivity index is 1.93. The maximum atomic E-state index is 12.4. The minimum absolute atomic E-state index is 0.178. The summed E-state index contributed by atoms with van der Waals surface area (Å²) in [6.07, 6.45) is 0. The van der Waals surface area contributed by atoms with Crippen LogP contribution in [-0.2, 0) is 0 Å². The zero-order chi connectivity index (χ0) is 15.5. The standard InChI is InChI=1S/C16H12BrN3OS/c17-12-7-3-1-5-10(12)15(21)19-13-8-4-2-6-11(13)14-9-22-16(18)20-14/h1-9H,(H2,18,20)(H,19,21). The summed E-state index contributed by atoms with van der Waals surface area (Å²) in [4.78, 5) is 16.7. The number of amides is 1. The fraction of sp³-hybridized carbons (Fsp3) is 0. The number of hydrogen-bond acceptors (Lipinski definition) is 4. The van der Waals surface area contributed by atoms with Crippen LogP contribution in [0.25, 0.3) is 11.3 Å². The number of carbonyl (C=O) groups excluding carboxylic acids is 1. The predicted octanol–water partition coefficient (Wildman–Crippen LogP) is 4.41. The van der Waals surface area contributed by atoms with Crippen molar-refractivity contribution < 1.29 is 4.79 Å². The van der Waals surface area contributed by atoms with Gasteiger partial charge >= 0.3 is 0 Å². The van der Waals surface area contributed by atoms with Gasteiger partial charge in [0, 0.05) is 15.4 Å². The van der Waals surface area contributed by atoms with Crippen molar-refractivity contribution in [1.82, 2.24) is 4.98 Å². The molecule has 0 bridgehead atoms. The summed E-state index contributed by atoms with van der Waals surface area (Å²) in [5, 5.41) is 5.31.